The summed E-state index contributed by atoms with van der Waals surface area (Å²) < 4.78 is 10.2. The van der Waals surface area contributed by atoms with Gasteiger partial charge >= 0.3 is 6.08 Å². The average Bonchev–Trinajstić information content (AvgIpc) is 2.50. The predicted octanol–water partition coefficient (Wildman–Crippen LogP) is 0.550. The molecule has 1 rings (SSSR count). The summed E-state index contributed by atoms with van der Waals surface area (Å²) in [6, 6.07) is 0.179. The van der Waals surface area contributed by atoms with Crippen LogP contribution in [0.5, 0.6) is 0 Å². The molecule has 0 bridgehead atoms. The van der Waals surface area contributed by atoms with Gasteiger partial charge in [0.1, 0.15) is 6.61 Å². The third-order valence-electron chi connectivity index (χ3n) is 1.65. The molecule has 0 radical (unpaired) electrons. The van der Waals surface area contributed by atoms with Crippen molar-refractivity contribution >= 4 is 6.08 Å². The lowest BCUT2D eigenvalue weighted by atomic mass is 10.2. The number of aliphatic hydroxyl groups excluding tert-OH is 1. The Kier molecular flexibility index (Phi) is 3.87. The van der Waals surface area contributed by atoms with Crippen molar-refractivity contribution in [1.29, 1.82) is 0 Å². The van der Waals surface area contributed by atoms with Gasteiger partial charge in [0.15, 0.2) is 0 Å². The van der Waals surface area contributed by atoms with Gasteiger partial charge < -0.3 is 14.6 Å². The fourth-order valence-electron chi connectivity index (χ4n) is 1.07. The van der Waals surface area contributed by atoms with Crippen molar-refractivity contribution in [2.45, 2.75) is 25.8 Å². The van der Waals surface area contributed by atoms with E-state index in [1.807, 2.05) is 6.92 Å². The number of ether oxygens (including phenoxy) is 2. The summed E-state index contributed by atoms with van der Waals surface area (Å²) in [5, 5.41) is 8.58. The Labute approximate surface area is 72.2 Å². The largest absolute Gasteiger partial charge is 0.451 e. The van der Waals surface area contributed by atoms with Crippen molar-refractivity contribution in [3.63, 3.8) is 0 Å². The molecule has 12 heavy (non-hydrogen) atoms. The molecule has 0 saturated carbocycles. The maximum absolute atomic E-state index is 8.58. The average molecular weight is 173 g/mol. The predicted molar refractivity (Wildman–Crippen MR) is 45.1 cm³/mol. The van der Waals surface area contributed by atoms with E-state index in [-0.39, 0.29) is 12.6 Å². The fourth-order valence-corrected chi connectivity index (χ4v) is 1.07. The van der Waals surface area contributed by atoms with E-state index in [1.165, 1.54) is 0 Å². The van der Waals surface area contributed by atoms with Crippen LogP contribution in [0.15, 0.2) is 4.99 Å². The molecule has 1 aliphatic rings. The number of nitrogens with zero attached hydrogens (tertiary/aromatic N) is 1. The van der Waals surface area contributed by atoms with Gasteiger partial charge in [0, 0.05) is 6.61 Å². The summed E-state index contributed by atoms with van der Waals surface area (Å²) in [5.74, 6) is 0. The molecule has 0 aromatic carbocycles. The molecule has 0 amide bonds. The summed E-state index contributed by atoms with van der Waals surface area (Å²) >= 11 is 0. The van der Waals surface area contributed by atoms with Gasteiger partial charge in [0.25, 0.3) is 0 Å². The maximum Gasteiger partial charge on any atom is 0.383 e. The highest BCUT2D eigenvalue weighted by Gasteiger charge is 2.18. The molecule has 0 fully saturated rings. The Morgan fingerprint density at radius 1 is 1.75 bits per heavy atom. The van der Waals surface area contributed by atoms with Gasteiger partial charge in [0.05, 0.1) is 12.6 Å². The molecule has 4 nitrogen and oxygen atoms in total. The number of aliphatic imine (C=N–C) groups is 1. The van der Waals surface area contributed by atoms with Crippen LogP contribution in [0, 0.1) is 0 Å². The molecule has 4 heteroatoms. The first-order valence-corrected chi connectivity index (χ1v) is 4.31. The van der Waals surface area contributed by atoms with Crippen molar-refractivity contribution in [2.75, 3.05) is 19.8 Å². The van der Waals surface area contributed by atoms with Crippen molar-refractivity contribution in [3.8, 4) is 0 Å². The zero-order chi connectivity index (χ0) is 8.81. The Hall–Kier alpha value is -0.770. The SMILES string of the molecule is CCOC1=N[C@@H](CCCO)CO1. The van der Waals surface area contributed by atoms with Gasteiger partial charge in [-0.1, -0.05) is 0 Å². The molecular formula is C8H15NO3. The van der Waals surface area contributed by atoms with Crippen LogP contribution in [0.1, 0.15) is 19.8 Å². The maximum atomic E-state index is 8.58. The van der Waals surface area contributed by atoms with Crippen LogP contribution >= 0.6 is 0 Å². The number of rotatable bonds is 4. The molecule has 0 spiro atoms. The number of hydrogen-bond donors (Lipinski definition) is 1. The molecule has 0 aromatic rings. The lowest BCUT2D eigenvalue weighted by Crippen LogP contribution is -2.07. The highest BCUT2D eigenvalue weighted by Crippen LogP contribution is 2.10. The number of hydrogen-bond acceptors (Lipinski definition) is 4. The fraction of sp³-hybridized carbons (Fsp3) is 0.875. The third kappa shape index (κ3) is 2.70. The highest BCUT2D eigenvalue weighted by molar-refractivity contribution is 5.68. The van der Waals surface area contributed by atoms with E-state index in [1.54, 1.807) is 0 Å². The molecule has 0 unspecified atom stereocenters. The van der Waals surface area contributed by atoms with E-state index in [0.717, 1.165) is 12.8 Å². The van der Waals surface area contributed by atoms with E-state index in [4.69, 9.17) is 14.6 Å². The summed E-state index contributed by atoms with van der Waals surface area (Å²) in [7, 11) is 0. The minimum absolute atomic E-state index is 0.179. The Bertz CT molecular complexity index is 158. The quantitative estimate of drug-likeness (QED) is 0.675. The van der Waals surface area contributed by atoms with E-state index in [0.29, 0.717) is 19.3 Å². The van der Waals surface area contributed by atoms with Gasteiger partial charge in [-0.3, -0.25) is 0 Å². The normalized spacial score (nSPS) is 21.8. The van der Waals surface area contributed by atoms with Crippen molar-refractivity contribution < 1.29 is 14.6 Å². The molecule has 0 aromatic heterocycles. The summed E-state index contributed by atoms with van der Waals surface area (Å²) in [4.78, 5) is 4.18. The van der Waals surface area contributed by atoms with Crippen LogP contribution in [0.25, 0.3) is 0 Å². The Morgan fingerprint density at radius 2 is 2.58 bits per heavy atom. The molecule has 1 heterocycles. The zero-order valence-electron chi connectivity index (χ0n) is 7.32. The van der Waals surface area contributed by atoms with Crippen molar-refractivity contribution in [2.24, 2.45) is 4.99 Å². The molecule has 0 aliphatic carbocycles. The van der Waals surface area contributed by atoms with Gasteiger partial charge in [-0.15, -0.1) is 0 Å². The van der Waals surface area contributed by atoms with Crippen LogP contribution in [0.2, 0.25) is 0 Å². The van der Waals surface area contributed by atoms with E-state index in [2.05, 4.69) is 4.99 Å². The minimum Gasteiger partial charge on any atom is -0.451 e. The molecular weight excluding hydrogens is 158 g/mol. The molecule has 1 N–H and O–H groups in total. The number of aliphatic hydroxyl groups is 1. The Morgan fingerprint density at radius 3 is 3.25 bits per heavy atom. The molecule has 1 atom stereocenters. The first kappa shape index (κ1) is 9.32. The second-order valence-corrected chi connectivity index (χ2v) is 2.66. The van der Waals surface area contributed by atoms with Gasteiger partial charge in [-0.2, -0.15) is 0 Å². The second kappa shape index (κ2) is 4.98. The van der Waals surface area contributed by atoms with Gasteiger partial charge in [-0.05, 0) is 19.8 Å². The lowest BCUT2D eigenvalue weighted by Gasteiger charge is -2.00. The first-order valence-electron chi connectivity index (χ1n) is 4.31. The summed E-state index contributed by atoms with van der Waals surface area (Å²) in [5.41, 5.74) is 0. The smallest absolute Gasteiger partial charge is 0.383 e. The van der Waals surface area contributed by atoms with Crippen LogP contribution in [-0.2, 0) is 9.47 Å². The molecule has 70 valence electrons. The standard InChI is InChI=1S/C8H15NO3/c1-2-11-8-9-7(6-12-8)4-3-5-10/h7,10H,2-6H2,1H3/t7-/m0/s1. The zero-order valence-corrected chi connectivity index (χ0v) is 7.32. The molecule has 0 saturated heterocycles. The van der Waals surface area contributed by atoms with Crippen LogP contribution < -0.4 is 0 Å². The minimum atomic E-state index is 0.179. The van der Waals surface area contributed by atoms with Crippen molar-refractivity contribution in [1.82, 2.24) is 0 Å². The highest BCUT2D eigenvalue weighted by atomic mass is 16.7. The monoisotopic (exact) mass is 173 g/mol. The van der Waals surface area contributed by atoms with Gasteiger partial charge in [0.2, 0.25) is 0 Å². The summed E-state index contributed by atoms with van der Waals surface area (Å²) in [6.45, 7) is 3.30. The van der Waals surface area contributed by atoms with Gasteiger partial charge in [-0.25, -0.2) is 4.99 Å². The first-order chi connectivity index (χ1) is 5.86. The Balaban J connectivity index is 2.22. The second-order valence-electron chi connectivity index (χ2n) is 2.66. The molecule has 1 aliphatic heterocycles. The van der Waals surface area contributed by atoms with Crippen molar-refractivity contribution in [3.05, 3.63) is 0 Å². The van der Waals surface area contributed by atoms with E-state index in [9.17, 15) is 0 Å². The van der Waals surface area contributed by atoms with E-state index < -0.39 is 0 Å². The van der Waals surface area contributed by atoms with E-state index >= 15 is 0 Å². The van der Waals surface area contributed by atoms with Crippen LogP contribution in [-0.4, -0.2) is 37.1 Å². The van der Waals surface area contributed by atoms with Crippen LogP contribution in [0.4, 0.5) is 0 Å². The van der Waals surface area contributed by atoms with Crippen LogP contribution in [0.3, 0.4) is 0 Å². The lowest BCUT2D eigenvalue weighted by molar-refractivity contribution is 0.190. The third-order valence-corrected chi connectivity index (χ3v) is 1.65. The topological polar surface area (TPSA) is 51.0 Å². The summed E-state index contributed by atoms with van der Waals surface area (Å²) in [6.07, 6.45) is 2.05.